The molecule has 0 N–H and O–H groups in total. The number of carbonyl (C=O) groups is 1. The Bertz CT molecular complexity index is 459. The van der Waals surface area contributed by atoms with Gasteiger partial charge in [0.2, 0.25) is 0 Å². The van der Waals surface area contributed by atoms with Crippen LogP contribution >= 0.6 is 15.9 Å². The molecule has 0 atom stereocenters. The minimum atomic E-state index is -4.66. The number of rotatable bonds is 5. The van der Waals surface area contributed by atoms with Crippen LogP contribution in [0.15, 0.2) is 18.2 Å². The molecule has 0 bridgehead atoms. The predicted molar refractivity (Wildman–Crippen MR) is 60.6 cm³/mol. The molecule has 0 heterocycles. The van der Waals surface area contributed by atoms with Gasteiger partial charge in [-0.15, -0.1) is 0 Å². The molecule has 19 heavy (non-hydrogen) atoms. The van der Waals surface area contributed by atoms with E-state index in [4.69, 9.17) is 0 Å². The molecule has 0 aliphatic heterocycles. The topological polar surface area (TPSA) is 26.3 Å². The van der Waals surface area contributed by atoms with Crippen LogP contribution in [0.3, 0.4) is 0 Å². The highest BCUT2D eigenvalue weighted by Crippen LogP contribution is 2.34. The van der Waals surface area contributed by atoms with Crippen molar-refractivity contribution in [2.75, 3.05) is 5.33 Å². The molecule has 1 aromatic rings. The first-order chi connectivity index (χ1) is 8.74. The molecule has 0 saturated heterocycles. The Morgan fingerprint density at radius 2 is 1.95 bits per heavy atom. The number of alkyl halides is 6. The predicted octanol–water partition coefficient (Wildman–Crippen LogP) is 3.81. The lowest BCUT2D eigenvalue weighted by molar-refractivity contribution is -0.138. The van der Waals surface area contributed by atoms with Gasteiger partial charge in [-0.05, 0) is 23.8 Å². The highest BCUT2D eigenvalue weighted by Gasteiger charge is 2.33. The summed E-state index contributed by atoms with van der Waals surface area (Å²) in [5.41, 5.74) is -1.43. The van der Waals surface area contributed by atoms with Crippen molar-refractivity contribution in [3.05, 3.63) is 29.3 Å². The van der Waals surface area contributed by atoms with Crippen molar-refractivity contribution in [2.24, 2.45) is 0 Å². The summed E-state index contributed by atoms with van der Waals surface area (Å²) in [6.07, 6.45) is -5.17. The third-order valence-corrected chi connectivity index (χ3v) is 2.77. The van der Waals surface area contributed by atoms with Crippen LogP contribution in [0, 0.1) is 0 Å². The van der Waals surface area contributed by atoms with Crippen LogP contribution in [0.25, 0.3) is 0 Å². The average Bonchev–Trinajstić information content (AvgIpc) is 2.26. The van der Waals surface area contributed by atoms with Crippen molar-refractivity contribution >= 4 is 21.7 Å². The number of ketones is 1. The Morgan fingerprint density at radius 3 is 2.42 bits per heavy atom. The molecule has 2 nitrogen and oxygen atoms in total. The quantitative estimate of drug-likeness (QED) is 0.598. The van der Waals surface area contributed by atoms with Crippen LogP contribution < -0.4 is 4.74 Å². The Balaban J connectivity index is 3.14. The van der Waals surface area contributed by atoms with Crippen molar-refractivity contribution in [1.29, 1.82) is 0 Å². The Kier molecular flexibility index (Phi) is 5.28. The van der Waals surface area contributed by atoms with Gasteiger partial charge in [-0.2, -0.15) is 22.0 Å². The second-order valence-corrected chi connectivity index (χ2v) is 4.11. The van der Waals surface area contributed by atoms with E-state index in [1.807, 2.05) is 0 Å². The Labute approximate surface area is 113 Å². The van der Waals surface area contributed by atoms with Crippen LogP contribution in [0.4, 0.5) is 22.0 Å². The molecular weight excluding hydrogens is 339 g/mol. The van der Waals surface area contributed by atoms with E-state index in [-0.39, 0.29) is 5.33 Å². The zero-order chi connectivity index (χ0) is 14.6. The van der Waals surface area contributed by atoms with Gasteiger partial charge in [0, 0.05) is 6.42 Å². The fraction of sp³-hybridized carbons (Fsp3) is 0.364. The van der Waals surface area contributed by atoms with E-state index in [2.05, 4.69) is 20.7 Å². The van der Waals surface area contributed by atoms with Crippen molar-refractivity contribution in [1.82, 2.24) is 0 Å². The monoisotopic (exact) mass is 346 g/mol. The first-order valence-electron chi connectivity index (χ1n) is 4.96. The maximum Gasteiger partial charge on any atom is 0.416 e. The lowest BCUT2D eigenvalue weighted by Gasteiger charge is -2.14. The molecule has 0 saturated carbocycles. The average molecular weight is 347 g/mol. The fourth-order valence-corrected chi connectivity index (χ4v) is 1.63. The number of benzene rings is 1. The number of ether oxygens (including phenoxy) is 1. The van der Waals surface area contributed by atoms with Gasteiger partial charge in [-0.3, -0.25) is 4.79 Å². The standard InChI is InChI=1S/C11H8BrF5O2/c12-5-7(18)3-6-4-8(19-10(13)14)1-2-9(6)11(15,16)17/h1-2,4,10H,3,5H2. The lowest BCUT2D eigenvalue weighted by atomic mass is 10.0. The van der Waals surface area contributed by atoms with E-state index in [9.17, 15) is 26.7 Å². The van der Waals surface area contributed by atoms with Crippen molar-refractivity contribution in [3.63, 3.8) is 0 Å². The van der Waals surface area contributed by atoms with Crippen molar-refractivity contribution in [3.8, 4) is 5.75 Å². The van der Waals surface area contributed by atoms with Crippen LogP contribution in [-0.2, 0) is 17.4 Å². The lowest BCUT2D eigenvalue weighted by Crippen LogP contribution is -2.14. The maximum atomic E-state index is 12.7. The summed E-state index contributed by atoms with van der Waals surface area (Å²) in [7, 11) is 0. The van der Waals surface area contributed by atoms with Crippen LogP contribution in [0.1, 0.15) is 11.1 Å². The van der Waals surface area contributed by atoms with Crippen molar-refractivity contribution in [2.45, 2.75) is 19.2 Å². The normalized spacial score (nSPS) is 11.7. The molecule has 0 aliphatic carbocycles. The largest absolute Gasteiger partial charge is 0.435 e. The highest BCUT2D eigenvalue weighted by molar-refractivity contribution is 9.09. The summed E-state index contributed by atoms with van der Waals surface area (Å²) in [6.45, 7) is -3.14. The van der Waals surface area contributed by atoms with E-state index in [1.54, 1.807) is 0 Å². The molecule has 0 amide bonds. The SMILES string of the molecule is O=C(CBr)Cc1cc(OC(F)F)ccc1C(F)(F)F. The molecule has 0 aromatic heterocycles. The van der Waals surface area contributed by atoms with Crippen LogP contribution in [0.2, 0.25) is 0 Å². The molecule has 0 radical (unpaired) electrons. The number of hydrogen-bond donors (Lipinski definition) is 0. The first kappa shape index (κ1) is 15.9. The Hall–Kier alpha value is -1.18. The summed E-state index contributed by atoms with van der Waals surface area (Å²) in [5.74, 6) is -0.917. The zero-order valence-electron chi connectivity index (χ0n) is 9.31. The van der Waals surface area contributed by atoms with Gasteiger partial charge < -0.3 is 4.74 Å². The second-order valence-electron chi connectivity index (χ2n) is 3.54. The highest BCUT2D eigenvalue weighted by atomic mass is 79.9. The van der Waals surface area contributed by atoms with Gasteiger partial charge >= 0.3 is 12.8 Å². The first-order valence-corrected chi connectivity index (χ1v) is 6.08. The molecule has 0 aliphatic rings. The molecular formula is C11H8BrF5O2. The van der Waals surface area contributed by atoms with Crippen LogP contribution in [-0.4, -0.2) is 17.7 Å². The molecule has 0 spiro atoms. The van der Waals surface area contributed by atoms with Crippen LogP contribution in [0.5, 0.6) is 5.75 Å². The zero-order valence-corrected chi connectivity index (χ0v) is 10.9. The fourth-order valence-electron chi connectivity index (χ4n) is 1.43. The Morgan fingerprint density at radius 1 is 1.32 bits per heavy atom. The summed E-state index contributed by atoms with van der Waals surface area (Å²) in [5, 5.41) is -0.121. The third kappa shape index (κ3) is 4.77. The second kappa shape index (κ2) is 6.31. The third-order valence-electron chi connectivity index (χ3n) is 2.14. The summed E-state index contributed by atoms with van der Waals surface area (Å²) in [4.78, 5) is 11.2. The van der Waals surface area contributed by atoms with Gasteiger partial charge in [-0.25, -0.2) is 0 Å². The number of hydrogen-bond acceptors (Lipinski definition) is 2. The van der Waals surface area contributed by atoms with Gasteiger partial charge in [-0.1, -0.05) is 15.9 Å². The van der Waals surface area contributed by atoms with E-state index < -0.39 is 41.9 Å². The van der Waals surface area contributed by atoms with Gasteiger partial charge in [0.15, 0.2) is 0 Å². The minimum Gasteiger partial charge on any atom is -0.435 e. The molecule has 0 fully saturated rings. The van der Waals surface area contributed by atoms with Gasteiger partial charge in [0.25, 0.3) is 0 Å². The van der Waals surface area contributed by atoms with E-state index >= 15 is 0 Å². The smallest absolute Gasteiger partial charge is 0.416 e. The summed E-state index contributed by atoms with van der Waals surface area (Å²) in [6, 6.07) is 2.21. The van der Waals surface area contributed by atoms with Gasteiger partial charge in [0.1, 0.15) is 11.5 Å². The number of halogens is 6. The summed E-state index contributed by atoms with van der Waals surface area (Å²) >= 11 is 2.82. The van der Waals surface area contributed by atoms with Gasteiger partial charge in [0.05, 0.1) is 10.9 Å². The van der Waals surface area contributed by atoms with E-state index in [1.165, 1.54) is 0 Å². The molecule has 0 unspecified atom stereocenters. The number of Topliss-reactive ketones (excluding diaryl/α,β-unsaturated/α-hetero) is 1. The number of carbonyl (C=O) groups excluding carboxylic acids is 1. The molecule has 106 valence electrons. The molecule has 1 aromatic carbocycles. The van der Waals surface area contributed by atoms with Crippen molar-refractivity contribution < 1.29 is 31.5 Å². The van der Waals surface area contributed by atoms with E-state index in [0.717, 1.165) is 12.1 Å². The molecule has 8 heteroatoms. The minimum absolute atomic E-state index is 0.121. The maximum absolute atomic E-state index is 12.7. The molecule has 1 rings (SSSR count). The summed E-state index contributed by atoms with van der Waals surface area (Å²) < 4.78 is 66.1. The van der Waals surface area contributed by atoms with E-state index in [0.29, 0.717) is 6.07 Å².